The summed E-state index contributed by atoms with van der Waals surface area (Å²) in [6, 6.07) is 14.7. The highest BCUT2D eigenvalue weighted by atomic mass is 32.2. The number of hydrogen-bond acceptors (Lipinski definition) is 7. The van der Waals surface area contributed by atoms with Gasteiger partial charge in [-0.25, -0.2) is 4.79 Å². The van der Waals surface area contributed by atoms with E-state index in [-0.39, 0.29) is 12.5 Å². The molecule has 0 radical (unpaired) electrons. The molecule has 0 fully saturated rings. The molecule has 1 heterocycles. The van der Waals surface area contributed by atoms with Crippen molar-refractivity contribution < 1.29 is 18.7 Å². The molecule has 0 aliphatic heterocycles. The minimum Gasteiger partial charge on any atom is -0.452 e. The molecule has 0 unspecified atom stereocenters. The lowest BCUT2D eigenvalue weighted by Crippen LogP contribution is -2.30. The van der Waals surface area contributed by atoms with Crippen molar-refractivity contribution in [3.8, 4) is 11.5 Å². The molecule has 1 amide bonds. The second-order valence-corrected chi connectivity index (χ2v) is 7.08. The Balaban J connectivity index is 1.36. The quantitative estimate of drug-likeness (QED) is 0.354. The molecule has 8 heteroatoms. The Hall–Kier alpha value is -3.13. The van der Waals surface area contributed by atoms with Crippen molar-refractivity contribution in [3.05, 3.63) is 66.1 Å². The van der Waals surface area contributed by atoms with Crippen molar-refractivity contribution in [2.75, 3.05) is 18.9 Å². The molecule has 1 aromatic heterocycles. The summed E-state index contributed by atoms with van der Waals surface area (Å²) in [7, 11) is 0. The number of carbonyl (C=O) groups is 2. The zero-order valence-electron chi connectivity index (χ0n) is 15.3. The topological polar surface area (TPSA) is 94.3 Å². The molecule has 1 N–H and O–H groups in total. The van der Waals surface area contributed by atoms with Crippen molar-refractivity contribution in [1.82, 2.24) is 15.5 Å². The number of carbonyl (C=O) groups excluding carboxylic acids is 2. The standard InChI is InChI=1S/C20H19N3O4S/c1-14-2-8-17(9-3-14)28-11-10-21-18(24)12-26-20(25)16-6-4-15(5-7-16)19-23-22-13-27-19/h2-9,13H,10-12H2,1H3,(H,21,24). The average molecular weight is 397 g/mol. The van der Waals surface area contributed by atoms with Crippen LogP contribution in [0.5, 0.6) is 0 Å². The van der Waals surface area contributed by atoms with Crippen LogP contribution in [0.25, 0.3) is 11.5 Å². The van der Waals surface area contributed by atoms with Crippen molar-refractivity contribution in [2.24, 2.45) is 0 Å². The minimum absolute atomic E-state index is 0.320. The van der Waals surface area contributed by atoms with Gasteiger partial charge in [0.1, 0.15) is 0 Å². The second kappa shape index (κ2) is 9.70. The Morgan fingerprint density at radius 2 is 1.86 bits per heavy atom. The maximum atomic E-state index is 12.0. The summed E-state index contributed by atoms with van der Waals surface area (Å²) in [5.74, 6) is 0.198. The van der Waals surface area contributed by atoms with Crippen LogP contribution < -0.4 is 5.32 Å². The third-order valence-electron chi connectivity index (χ3n) is 3.78. The van der Waals surface area contributed by atoms with Crippen molar-refractivity contribution in [1.29, 1.82) is 0 Å². The first-order chi connectivity index (χ1) is 13.6. The van der Waals surface area contributed by atoms with E-state index in [0.29, 0.717) is 23.6 Å². The monoisotopic (exact) mass is 397 g/mol. The van der Waals surface area contributed by atoms with Crippen LogP contribution in [0.2, 0.25) is 0 Å². The molecule has 0 saturated carbocycles. The molecule has 0 aliphatic rings. The van der Waals surface area contributed by atoms with E-state index < -0.39 is 5.97 Å². The molecule has 0 bridgehead atoms. The lowest BCUT2D eigenvalue weighted by atomic mass is 10.1. The summed E-state index contributed by atoms with van der Waals surface area (Å²) in [5, 5.41) is 10.1. The van der Waals surface area contributed by atoms with Crippen molar-refractivity contribution >= 4 is 23.6 Å². The number of nitrogens with one attached hydrogen (secondary N) is 1. The highest BCUT2D eigenvalue weighted by Gasteiger charge is 2.11. The molecule has 28 heavy (non-hydrogen) atoms. The number of thioether (sulfide) groups is 1. The summed E-state index contributed by atoms with van der Waals surface area (Å²) in [5.41, 5.74) is 2.24. The number of benzene rings is 2. The molecule has 3 rings (SSSR count). The molecule has 0 spiro atoms. The molecule has 144 valence electrons. The Morgan fingerprint density at radius 1 is 1.11 bits per heavy atom. The van der Waals surface area contributed by atoms with E-state index >= 15 is 0 Å². The Kier molecular flexibility index (Phi) is 6.80. The summed E-state index contributed by atoms with van der Waals surface area (Å²) < 4.78 is 10.1. The summed E-state index contributed by atoms with van der Waals surface area (Å²) in [6.07, 6.45) is 1.23. The number of ether oxygens (including phenoxy) is 1. The van der Waals surface area contributed by atoms with Crippen LogP contribution in [0, 0.1) is 6.92 Å². The van der Waals surface area contributed by atoms with Crippen molar-refractivity contribution in [2.45, 2.75) is 11.8 Å². The van der Waals surface area contributed by atoms with Crippen LogP contribution in [0.4, 0.5) is 0 Å². The van der Waals surface area contributed by atoms with Crippen LogP contribution >= 0.6 is 11.8 Å². The van der Waals surface area contributed by atoms with Gasteiger partial charge in [0.2, 0.25) is 12.3 Å². The zero-order chi connectivity index (χ0) is 19.8. The van der Waals surface area contributed by atoms with Gasteiger partial charge in [-0.2, -0.15) is 0 Å². The number of amides is 1. The molecular formula is C20H19N3O4S. The zero-order valence-corrected chi connectivity index (χ0v) is 16.1. The molecular weight excluding hydrogens is 378 g/mol. The molecule has 0 aliphatic carbocycles. The molecule has 0 saturated heterocycles. The second-order valence-electron chi connectivity index (χ2n) is 5.91. The Bertz CT molecular complexity index is 910. The summed E-state index contributed by atoms with van der Waals surface area (Å²) >= 11 is 1.65. The van der Waals surface area contributed by atoms with E-state index in [4.69, 9.17) is 9.15 Å². The third kappa shape index (κ3) is 5.68. The normalized spacial score (nSPS) is 10.5. The van der Waals surface area contributed by atoms with Crippen LogP contribution in [0.3, 0.4) is 0 Å². The van der Waals surface area contributed by atoms with Gasteiger partial charge in [0.15, 0.2) is 6.61 Å². The number of nitrogens with zero attached hydrogens (tertiary/aromatic N) is 2. The number of aromatic nitrogens is 2. The van der Waals surface area contributed by atoms with Crippen LogP contribution in [-0.4, -0.2) is 41.0 Å². The fraction of sp³-hybridized carbons (Fsp3) is 0.200. The van der Waals surface area contributed by atoms with Gasteiger partial charge < -0.3 is 14.5 Å². The smallest absolute Gasteiger partial charge is 0.338 e. The van der Waals surface area contributed by atoms with Gasteiger partial charge in [-0.15, -0.1) is 22.0 Å². The van der Waals surface area contributed by atoms with E-state index in [0.717, 1.165) is 10.6 Å². The highest BCUT2D eigenvalue weighted by Crippen LogP contribution is 2.18. The molecule has 3 aromatic rings. The van der Waals surface area contributed by atoms with Crippen LogP contribution in [0.15, 0.2) is 64.2 Å². The van der Waals surface area contributed by atoms with Gasteiger partial charge in [0.05, 0.1) is 5.56 Å². The molecule has 0 atom stereocenters. The lowest BCUT2D eigenvalue weighted by Gasteiger charge is -2.07. The predicted octanol–water partition coefficient (Wildman–Crippen LogP) is 3.11. The van der Waals surface area contributed by atoms with Gasteiger partial charge in [-0.05, 0) is 43.3 Å². The minimum atomic E-state index is -0.568. The molecule has 2 aromatic carbocycles. The summed E-state index contributed by atoms with van der Waals surface area (Å²) in [4.78, 5) is 25.0. The predicted molar refractivity (Wildman–Crippen MR) is 105 cm³/mol. The average Bonchev–Trinajstić information content (AvgIpc) is 3.26. The van der Waals surface area contributed by atoms with Gasteiger partial charge in [-0.1, -0.05) is 17.7 Å². The largest absolute Gasteiger partial charge is 0.452 e. The Morgan fingerprint density at radius 3 is 2.54 bits per heavy atom. The fourth-order valence-corrected chi connectivity index (χ4v) is 3.08. The highest BCUT2D eigenvalue weighted by molar-refractivity contribution is 7.99. The number of rotatable bonds is 8. The fourth-order valence-electron chi connectivity index (χ4n) is 2.31. The van der Waals surface area contributed by atoms with Gasteiger partial charge in [0, 0.05) is 22.8 Å². The van der Waals surface area contributed by atoms with E-state index in [2.05, 4.69) is 27.6 Å². The Labute approximate surface area is 166 Å². The van der Waals surface area contributed by atoms with E-state index in [1.807, 2.05) is 19.1 Å². The number of esters is 1. The van der Waals surface area contributed by atoms with Gasteiger partial charge >= 0.3 is 5.97 Å². The van der Waals surface area contributed by atoms with Crippen LogP contribution in [-0.2, 0) is 9.53 Å². The first-order valence-corrected chi connectivity index (χ1v) is 9.60. The SMILES string of the molecule is Cc1ccc(SCCNC(=O)COC(=O)c2ccc(-c3nnco3)cc2)cc1. The summed E-state index contributed by atoms with van der Waals surface area (Å²) in [6.45, 7) is 2.21. The van der Waals surface area contributed by atoms with Crippen LogP contribution in [0.1, 0.15) is 15.9 Å². The van der Waals surface area contributed by atoms with E-state index in [1.54, 1.807) is 36.0 Å². The maximum Gasteiger partial charge on any atom is 0.338 e. The number of hydrogen-bond donors (Lipinski definition) is 1. The molecule has 7 nitrogen and oxygen atoms in total. The first-order valence-electron chi connectivity index (χ1n) is 8.62. The van der Waals surface area contributed by atoms with Crippen molar-refractivity contribution in [3.63, 3.8) is 0 Å². The first kappa shape index (κ1) is 19.6. The lowest BCUT2D eigenvalue weighted by molar-refractivity contribution is -0.124. The maximum absolute atomic E-state index is 12.0. The van der Waals surface area contributed by atoms with Gasteiger partial charge in [-0.3, -0.25) is 4.79 Å². The van der Waals surface area contributed by atoms with Gasteiger partial charge in [0.25, 0.3) is 5.91 Å². The van der Waals surface area contributed by atoms with E-state index in [9.17, 15) is 9.59 Å². The number of aryl methyl sites for hydroxylation is 1. The van der Waals surface area contributed by atoms with E-state index in [1.165, 1.54) is 12.0 Å². The third-order valence-corrected chi connectivity index (χ3v) is 4.79.